The minimum Gasteiger partial charge on any atom is -0.379 e. The lowest BCUT2D eigenvalue weighted by molar-refractivity contribution is -0.127. The van der Waals surface area contributed by atoms with E-state index in [9.17, 15) is 4.79 Å². The second-order valence-electron chi connectivity index (χ2n) is 7.05. The molecule has 0 aromatic rings. The van der Waals surface area contributed by atoms with Crippen LogP contribution in [0.5, 0.6) is 0 Å². The Kier molecular flexibility index (Phi) is 9.18. The molecule has 0 atom stereocenters. The van der Waals surface area contributed by atoms with E-state index in [4.69, 9.17) is 9.47 Å². The van der Waals surface area contributed by atoms with Crippen molar-refractivity contribution < 1.29 is 14.3 Å². The number of ether oxygens (including phenoxy) is 2. The van der Waals surface area contributed by atoms with Gasteiger partial charge < -0.3 is 9.47 Å². The normalized spacial score (nSPS) is 23.0. The minimum absolute atomic E-state index is 0.173. The van der Waals surface area contributed by atoms with E-state index < -0.39 is 0 Å². The van der Waals surface area contributed by atoms with Crippen molar-refractivity contribution >= 4 is 5.78 Å². The quantitative estimate of drug-likeness (QED) is 0.566. The summed E-state index contributed by atoms with van der Waals surface area (Å²) in [7, 11) is 0. The van der Waals surface area contributed by atoms with Crippen LogP contribution >= 0.6 is 0 Å². The Morgan fingerprint density at radius 3 is 2.24 bits per heavy atom. The Morgan fingerprint density at radius 2 is 1.67 bits per heavy atom. The molecule has 3 heteroatoms. The molecule has 1 aliphatic rings. The standard InChI is InChI=1S/C18H34O3/c1-14(2)6-5-11-20-12-13-21-17-9-7-16(8-10-17)18(19)15(3)4/h14-17H,5-13H2,1-4H3. The maximum Gasteiger partial charge on any atom is 0.138 e. The van der Waals surface area contributed by atoms with Crippen LogP contribution in [0.2, 0.25) is 0 Å². The zero-order valence-corrected chi connectivity index (χ0v) is 14.4. The molecule has 0 unspecified atom stereocenters. The largest absolute Gasteiger partial charge is 0.379 e. The summed E-state index contributed by atoms with van der Waals surface area (Å²) in [6.07, 6.45) is 6.75. The van der Waals surface area contributed by atoms with Gasteiger partial charge in [0.2, 0.25) is 0 Å². The highest BCUT2D eigenvalue weighted by Crippen LogP contribution is 2.28. The van der Waals surface area contributed by atoms with E-state index in [1.807, 2.05) is 13.8 Å². The molecule has 124 valence electrons. The molecule has 0 aliphatic heterocycles. The van der Waals surface area contributed by atoms with Gasteiger partial charge in [-0.05, 0) is 44.4 Å². The fraction of sp³-hybridized carbons (Fsp3) is 0.944. The number of rotatable bonds is 10. The molecular weight excluding hydrogens is 264 g/mol. The van der Waals surface area contributed by atoms with Crippen LogP contribution in [0.3, 0.4) is 0 Å². The van der Waals surface area contributed by atoms with E-state index in [0.29, 0.717) is 25.1 Å². The smallest absolute Gasteiger partial charge is 0.138 e. The molecule has 3 nitrogen and oxygen atoms in total. The van der Waals surface area contributed by atoms with Crippen molar-refractivity contribution in [2.75, 3.05) is 19.8 Å². The SMILES string of the molecule is CC(C)CCCOCCOC1CCC(C(=O)C(C)C)CC1. The average Bonchev–Trinajstić information content (AvgIpc) is 2.45. The molecule has 0 radical (unpaired) electrons. The van der Waals surface area contributed by atoms with Gasteiger partial charge in [-0.3, -0.25) is 4.79 Å². The molecule has 1 aliphatic carbocycles. The van der Waals surface area contributed by atoms with Crippen LogP contribution in [0.4, 0.5) is 0 Å². The Hall–Kier alpha value is -0.410. The summed E-state index contributed by atoms with van der Waals surface area (Å²) in [4.78, 5) is 12.0. The second kappa shape index (κ2) is 10.3. The molecule has 0 amide bonds. The van der Waals surface area contributed by atoms with Crippen molar-refractivity contribution in [3.63, 3.8) is 0 Å². The van der Waals surface area contributed by atoms with E-state index in [-0.39, 0.29) is 11.8 Å². The van der Waals surface area contributed by atoms with Gasteiger partial charge in [0.15, 0.2) is 0 Å². The van der Waals surface area contributed by atoms with Gasteiger partial charge >= 0.3 is 0 Å². The van der Waals surface area contributed by atoms with E-state index >= 15 is 0 Å². The molecule has 21 heavy (non-hydrogen) atoms. The molecule has 0 N–H and O–H groups in total. The number of ketones is 1. The molecule has 0 aromatic carbocycles. The molecule has 0 spiro atoms. The molecule has 0 saturated heterocycles. The number of carbonyl (C=O) groups is 1. The van der Waals surface area contributed by atoms with Crippen molar-refractivity contribution in [1.29, 1.82) is 0 Å². The molecule has 1 fully saturated rings. The highest BCUT2D eigenvalue weighted by Gasteiger charge is 2.27. The Labute approximate surface area is 130 Å². The molecule has 1 rings (SSSR count). The summed E-state index contributed by atoms with van der Waals surface area (Å²) in [5.41, 5.74) is 0. The van der Waals surface area contributed by atoms with E-state index in [1.54, 1.807) is 0 Å². The zero-order valence-electron chi connectivity index (χ0n) is 14.4. The third kappa shape index (κ3) is 7.96. The van der Waals surface area contributed by atoms with Gasteiger partial charge in [-0.15, -0.1) is 0 Å². The summed E-state index contributed by atoms with van der Waals surface area (Å²) < 4.78 is 11.4. The first-order valence-electron chi connectivity index (χ1n) is 8.73. The molecule has 1 saturated carbocycles. The lowest BCUT2D eigenvalue weighted by Gasteiger charge is -2.28. The summed E-state index contributed by atoms with van der Waals surface area (Å²) in [6.45, 7) is 10.7. The van der Waals surface area contributed by atoms with Crippen LogP contribution in [0.25, 0.3) is 0 Å². The number of carbonyl (C=O) groups excluding carboxylic acids is 1. The van der Waals surface area contributed by atoms with E-state index in [1.165, 1.54) is 6.42 Å². The van der Waals surface area contributed by atoms with E-state index in [0.717, 1.165) is 44.6 Å². The van der Waals surface area contributed by atoms with Crippen molar-refractivity contribution in [3.8, 4) is 0 Å². The maximum absolute atomic E-state index is 12.0. The topological polar surface area (TPSA) is 35.5 Å². The molecule has 0 aromatic heterocycles. The van der Waals surface area contributed by atoms with E-state index in [2.05, 4.69) is 13.8 Å². The maximum atomic E-state index is 12.0. The van der Waals surface area contributed by atoms with Gasteiger partial charge in [0.1, 0.15) is 5.78 Å². The Balaban J connectivity index is 2.00. The van der Waals surface area contributed by atoms with Crippen molar-refractivity contribution in [2.24, 2.45) is 17.8 Å². The second-order valence-corrected chi connectivity index (χ2v) is 7.05. The van der Waals surface area contributed by atoms with Crippen molar-refractivity contribution in [3.05, 3.63) is 0 Å². The van der Waals surface area contributed by atoms with Gasteiger partial charge in [-0.1, -0.05) is 27.7 Å². The minimum atomic E-state index is 0.173. The predicted octanol–water partition coefficient (Wildman–Crippen LogP) is 4.24. The summed E-state index contributed by atoms with van der Waals surface area (Å²) >= 11 is 0. The lowest BCUT2D eigenvalue weighted by Crippen LogP contribution is -2.29. The Morgan fingerprint density at radius 1 is 1.00 bits per heavy atom. The number of hydrogen-bond acceptors (Lipinski definition) is 3. The first-order valence-corrected chi connectivity index (χ1v) is 8.73. The zero-order chi connectivity index (χ0) is 15.7. The predicted molar refractivity (Wildman–Crippen MR) is 86.4 cm³/mol. The third-order valence-electron chi connectivity index (χ3n) is 4.30. The first-order chi connectivity index (χ1) is 10.0. The number of Topliss-reactive ketones (excluding diaryl/α,β-unsaturated/α-hetero) is 1. The highest BCUT2D eigenvalue weighted by molar-refractivity contribution is 5.82. The fourth-order valence-corrected chi connectivity index (χ4v) is 2.95. The van der Waals surface area contributed by atoms with Crippen LogP contribution in [-0.2, 0) is 14.3 Å². The highest BCUT2D eigenvalue weighted by atomic mass is 16.5. The van der Waals surface area contributed by atoms with Gasteiger partial charge in [0.05, 0.1) is 19.3 Å². The van der Waals surface area contributed by atoms with Crippen molar-refractivity contribution in [2.45, 2.75) is 72.3 Å². The van der Waals surface area contributed by atoms with Crippen molar-refractivity contribution in [1.82, 2.24) is 0 Å². The van der Waals surface area contributed by atoms with Crippen LogP contribution in [0.1, 0.15) is 66.2 Å². The molecule has 0 heterocycles. The summed E-state index contributed by atoms with van der Waals surface area (Å²) in [6, 6.07) is 0. The monoisotopic (exact) mass is 298 g/mol. The lowest BCUT2D eigenvalue weighted by atomic mass is 9.81. The van der Waals surface area contributed by atoms with Gasteiger partial charge in [-0.2, -0.15) is 0 Å². The molecular formula is C18H34O3. The average molecular weight is 298 g/mol. The number of hydrogen-bond donors (Lipinski definition) is 0. The fourth-order valence-electron chi connectivity index (χ4n) is 2.95. The first kappa shape index (κ1) is 18.6. The third-order valence-corrected chi connectivity index (χ3v) is 4.30. The molecule has 0 bridgehead atoms. The Bertz CT molecular complexity index is 278. The van der Waals surface area contributed by atoms with Crippen LogP contribution in [0.15, 0.2) is 0 Å². The van der Waals surface area contributed by atoms with Gasteiger partial charge in [0.25, 0.3) is 0 Å². The van der Waals surface area contributed by atoms with Crippen LogP contribution in [-0.4, -0.2) is 31.7 Å². The van der Waals surface area contributed by atoms with Crippen LogP contribution < -0.4 is 0 Å². The van der Waals surface area contributed by atoms with Crippen LogP contribution in [0, 0.1) is 17.8 Å². The summed E-state index contributed by atoms with van der Waals surface area (Å²) in [5.74, 6) is 1.64. The van der Waals surface area contributed by atoms with Gasteiger partial charge in [-0.25, -0.2) is 0 Å². The summed E-state index contributed by atoms with van der Waals surface area (Å²) in [5, 5.41) is 0. The van der Waals surface area contributed by atoms with Gasteiger partial charge in [0, 0.05) is 18.4 Å².